The van der Waals surface area contributed by atoms with Gasteiger partial charge in [-0.05, 0) is 23.3 Å². The van der Waals surface area contributed by atoms with Crippen molar-refractivity contribution in [3.63, 3.8) is 0 Å². The summed E-state index contributed by atoms with van der Waals surface area (Å²) in [5.74, 6) is -0.873. The van der Waals surface area contributed by atoms with E-state index in [9.17, 15) is 4.79 Å². The third kappa shape index (κ3) is 3.59. The van der Waals surface area contributed by atoms with Gasteiger partial charge < -0.3 is 15.6 Å². The summed E-state index contributed by atoms with van der Waals surface area (Å²) in [7, 11) is 0. The van der Waals surface area contributed by atoms with E-state index in [1.54, 1.807) is 24.3 Å². The second-order valence-electron chi connectivity index (χ2n) is 4.47. The maximum atomic E-state index is 11.0. The van der Waals surface area contributed by atoms with Crippen molar-refractivity contribution < 1.29 is 14.6 Å². The van der Waals surface area contributed by atoms with E-state index in [4.69, 9.17) is 15.6 Å². The second kappa shape index (κ2) is 6.73. The molecule has 0 radical (unpaired) electrons. The average molecular weight is 271 g/mol. The molecule has 0 unspecified atom stereocenters. The highest BCUT2D eigenvalue weighted by molar-refractivity contribution is 5.76. The SMILES string of the molecule is NC[C@@H](C(=O)O)c1ccc(OCc2ccccc2)cc1. The lowest BCUT2D eigenvalue weighted by atomic mass is 9.99. The van der Waals surface area contributed by atoms with E-state index in [2.05, 4.69) is 0 Å². The quantitative estimate of drug-likeness (QED) is 0.846. The van der Waals surface area contributed by atoms with E-state index in [1.165, 1.54) is 0 Å². The van der Waals surface area contributed by atoms with Gasteiger partial charge in [0.2, 0.25) is 0 Å². The lowest BCUT2D eigenvalue weighted by Crippen LogP contribution is -2.20. The van der Waals surface area contributed by atoms with E-state index < -0.39 is 11.9 Å². The number of carboxylic acid groups (broad SMARTS) is 1. The van der Waals surface area contributed by atoms with Crippen molar-refractivity contribution in [1.82, 2.24) is 0 Å². The minimum atomic E-state index is -0.912. The van der Waals surface area contributed by atoms with Gasteiger partial charge in [0, 0.05) is 6.54 Å². The van der Waals surface area contributed by atoms with Crippen LogP contribution in [0.15, 0.2) is 54.6 Å². The summed E-state index contributed by atoms with van der Waals surface area (Å²) in [6, 6.07) is 16.9. The normalized spacial score (nSPS) is 11.8. The van der Waals surface area contributed by atoms with Gasteiger partial charge in [-0.1, -0.05) is 42.5 Å². The first-order valence-electron chi connectivity index (χ1n) is 6.40. The van der Waals surface area contributed by atoms with E-state index >= 15 is 0 Å². The molecule has 0 heterocycles. The molecular weight excluding hydrogens is 254 g/mol. The summed E-state index contributed by atoms with van der Waals surface area (Å²) in [6.07, 6.45) is 0. The highest BCUT2D eigenvalue weighted by atomic mass is 16.5. The Morgan fingerprint density at radius 3 is 2.30 bits per heavy atom. The number of nitrogens with two attached hydrogens (primary N) is 1. The maximum Gasteiger partial charge on any atom is 0.312 e. The number of benzene rings is 2. The van der Waals surface area contributed by atoms with Crippen LogP contribution in [0.25, 0.3) is 0 Å². The molecule has 0 aliphatic heterocycles. The largest absolute Gasteiger partial charge is 0.489 e. The monoisotopic (exact) mass is 271 g/mol. The van der Waals surface area contributed by atoms with Crippen LogP contribution in [-0.4, -0.2) is 17.6 Å². The van der Waals surface area contributed by atoms with Gasteiger partial charge in [-0.15, -0.1) is 0 Å². The molecule has 0 bridgehead atoms. The zero-order valence-electron chi connectivity index (χ0n) is 11.0. The summed E-state index contributed by atoms with van der Waals surface area (Å²) >= 11 is 0. The van der Waals surface area contributed by atoms with Gasteiger partial charge in [-0.25, -0.2) is 0 Å². The van der Waals surface area contributed by atoms with Crippen LogP contribution >= 0.6 is 0 Å². The number of hydrogen-bond donors (Lipinski definition) is 2. The van der Waals surface area contributed by atoms with Gasteiger partial charge >= 0.3 is 5.97 Å². The van der Waals surface area contributed by atoms with Crippen LogP contribution in [0.2, 0.25) is 0 Å². The molecule has 0 aliphatic carbocycles. The number of hydrogen-bond acceptors (Lipinski definition) is 3. The Morgan fingerprint density at radius 1 is 1.10 bits per heavy atom. The van der Waals surface area contributed by atoms with Gasteiger partial charge in [0.15, 0.2) is 0 Å². The maximum absolute atomic E-state index is 11.0. The molecule has 104 valence electrons. The van der Waals surface area contributed by atoms with Crippen molar-refractivity contribution in [1.29, 1.82) is 0 Å². The first-order valence-corrected chi connectivity index (χ1v) is 6.40. The van der Waals surface area contributed by atoms with Crippen molar-refractivity contribution in [2.45, 2.75) is 12.5 Å². The van der Waals surface area contributed by atoms with Crippen molar-refractivity contribution in [2.75, 3.05) is 6.54 Å². The first-order chi connectivity index (χ1) is 9.70. The van der Waals surface area contributed by atoms with Crippen LogP contribution in [0.4, 0.5) is 0 Å². The van der Waals surface area contributed by atoms with E-state index in [0.717, 1.165) is 5.56 Å². The molecule has 1 atom stereocenters. The smallest absolute Gasteiger partial charge is 0.312 e. The molecule has 0 aromatic heterocycles. The van der Waals surface area contributed by atoms with Crippen LogP contribution in [-0.2, 0) is 11.4 Å². The molecule has 2 aromatic carbocycles. The fourth-order valence-electron chi connectivity index (χ4n) is 1.92. The topological polar surface area (TPSA) is 72.6 Å². The summed E-state index contributed by atoms with van der Waals surface area (Å²) in [4.78, 5) is 11.0. The zero-order valence-corrected chi connectivity index (χ0v) is 11.0. The van der Waals surface area contributed by atoms with Crippen LogP contribution in [0.1, 0.15) is 17.0 Å². The van der Waals surface area contributed by atoms with Crippen molar-refractivity contribution in [2.24, 2.45) is 5.73 Å². The summed E-state index contributed by atoms with van der Waals surface area (Å²) in [6.45, 7) is 0.568. The second-order valence-corrected chi connectivity index (χ2v) is 4.47. The zero-order chi connectivity index (χ0) is 14.4. The third-order valence-corrected chi connectivity index (χ3v) is 3.06. The lowest BCUT2D eigenvalue weighted by molar-refractivity contribution is -0.138. The van der Waals surface area contributed by atoms with Crippen molar-refractivity contribution in [3.05, 3.63) is 65.7 Å². The fourth-order valence-corrected chi connectivity index (χ4v) is 1.92. The van der Waals surface area contributed by atoms with Crippen LogP contribution in [0.5, 0.6) is 5.75 Å². The molecule has 0 saturated heterocycles. The third-order valence-electron chi connectivity index (χ3n) is 3.06. The van der Waals surface area contributed by atoms with Gasteiger partial charge in [-0.2, -0.15) is 0 Å². The molecule has 0 saturated carbocycles. The molecule has 0 spiro atoms. The summed E-state index contributed by atoms with van der Waals surface area (Å²) < 4.78 is 5.64. The minimum Gasteiger partial charge on any atom is -0.489 e. The Labute approximate surface area is 117 Å². The summed E-state index contributed by atoms with van der Waals surface area (Å²) in [5, 5.41) is 9.04. The van der Waals surface area contributed by atoms with Gasteiger partial charge in [0.25, 0.3) is 0 Å². The van der Waals surface area contributed by atoms with Crippen LogP contribution in [0, 0.1) is 0 Å². The number of carbonyl (C=O) groups is 1. The van der Waals surface area contributed by atoms with Gasteiger partial charge in [-0.3, -0.25) is 4.79 Å². The fraction of sp³-hybridized carbons (Fsp3) is 0.188. The predicted molar refractivity (Wildman–Crippen MR) is 76.6 cm³/mol. The Hall–Kier alpha value is -2.33. The molecule has 4 nitrogen and oxygen atoms in total. The molecule has 20 heavy (non-hydrogen) atoms. The van der Waals surface area contributed by atoms with Gasteiger partial charge in [0.1, 0.15) is 12.4 Å². The van der Waals surface area contributed by atoms with E-state index in [1.807, 2.05) is 30.3 Å². The summed E-state index contributed by atoms with van der Waals surface area (Å²) in [5.41, 5.74) is 7.24. The predicted octanol–water partition coefficient (Wildman–Crippen LogP) is 2.39. The van der Waals surface area contributed by atoms with Crippen LogP contribution in [0.3, 0.4) is 0 Å². The standard InChI is InChI=1S/C16H17NO3/c17-10-15(16(18)19)13-6-8-14(9-7-13)20-11-12-4-2-1-3-5-12/h1-9,15H,10-11,17H2,(H,18,19)/t15-/m1/s1. The van der Waals surface area contributed by atoms with Crippen molar-refractivity contribution >= 4 is 5.97 Å². The van der Waals surface area contributed by atoms with E-state index in [-0.39, 0.29) is 6.54 Å². The number of aliphatic carboxylic acids is 1. The van der Waals surface area contributed by atoms with Crippen LogP contribution < -0.4 is 10.5 Å². The highest BCUT2D eigenvalue weighted by Gasteiger charge is 2.17. The minimum absolute atomic E-state index is 0.0829. The molecular formula is C16H17NO3. The lowest BCUT2D eigenvalue weighted by Gasteiger charge is -2.11. The average Bonchev–Trinajstić information content (AvgIpc) is 2.48. The highest BCUT2D eigenvalue weighted by Crippen LogP contribution is 2.20. The molecule has 2 aromatic rings. The molecule has 0 fully saturated rings. The van der Waals surface area contributed by atoms with Gasteiger partial charge in [0.05, 0.1) is 5.92 Å². The molecule has 4 heteroatoms. The Bertz CT molecular complexity index is 552. The molecule has 0 aliphatic rings. The molecule has 2 rings (SSSR count). The van der Waals surface area contributed by atoms with Crippen molar-refractivity contribution in [3.8, 4) is 5.75 Å². The molecule has 3 N–H and O–H groups in total. The molecule has 0 amide bonds. The first kappa shape index (κ1) is 14.1. The Kier molecular flexibility index (Phi) is 4.74. The van der Waals surface area contributed by atoms with E-state index in [0.29, 0.717) is 17.9 Å². The Balaban J connectivity index is 2.00. The number of rotatable bonds is 6. The number of carboxylic acids is 1. The number of ether oxygens (including phenoxy) is 1. The Morgan fingerprint density at radius 2 is 1.75 bits per heavy atom.